The number of piperidine rings is 1. The van der Waals surface area contributed by atoms with E-state index < -0.39 is 15.9 Å². The molecule has 4 N–H and O–H groups in total. The summed E-state index contributed by atoms with van der Waals surface area (Å²) in [7, 11) is -3.95. The second kappa shape index (κ2) is 13.1. The Morgan fingerprint density at radius 3 is 2.29 bits per heavy atom. The summed E-state index contributed by atoms with van der Waals surface area (Å²) in [5.41, 5.74) is 0.531. The molecule has 3 aromatic rings. The molecule has 1 aliphatic rings. The van der Waals surface area contributed by atoms with Gasteiger partial charge in [0.25, 0.3) is 15.9 Å². The van der Waals surface area contributed by atoms with Crippen molar-refractivity contribution in [3.05, 3.63) is 84.4 Å². The Morgan fingerprint density at radius 1 is 0.868 bits per heavy atom. The second-order valence-corrected chi connectivity index (χ2v) is 10.7. The summed E-state index contributed by atoms with van der Waals surface area (Å²) in [6.45, 7) is 2.46. The average Bonchev–Trinajstić information content (AvgIpc) is 2.94. The lowest BCUT2D eigenvalue weighted by Crippen LogP contribution is -2.38. The van der Waals surface area contributed by atoms with E-state index in [1.54, 1.807) is 36.4 Å². The van der Waals surface area contributed by atoms with Gasteiger partial charge in [-0.3, -0.25) is 14.3 Å². The minimum absolute atomic E-state index is 0.0146. The Bertz CT molecular complexity index is 1320. The van der Waals surface area contributed by atoms with E-state index in [9.17, 15) is 18.0 Å². The Labute approximate surface area is 223 Å². The first-order valence-corrected chi connectivity index (χ1v) is 14.1. The molecule has 2 amide bonds. The third-order valence-electron chi connectivity index (χ3n) is 6.27. The summed E-state index contributed by atoms with van der Waals surface area (Å²) in [4.78, 5) is 24.5. The molecule has 3 aromatic carbocycles. The maximum absolute atomic E-state index is 13.0. The SMILES string of the molecule is O=C(CNC(=O)c1ccc(S(=O)(=O)Nc2ccccc2Oc2ccccc2)cc1)NCCC1CCNCC1. The van der Waals surface area contributed by atoms with Crippen molar-refractivity contribution < 1.29 is 22.7 Å². The molecule has 0 radical (unpaired) electrons. The number of para-hydroxylation sites is 3. The maximum atomic E-state index is 13.0. The molecule has 0 aromatic heterocycles. The fourth-order valence-corrected chi connectivity index (χ4v) is 5.23. The number of ether oxygens (including phenoxy) is 1. The number of carbonyl (C=O) groups excluding carboxylic acids is 2. The minimum atomic E-state index is -3.95. The van der Waals surface area contributed by atoms with Crippen LogP contribution in [0.3, 0.4) is 0 Å². The van der Waals surface area contributed by atoms with Crippen LogP contribution in [0, 0.1) is 5.92 Å². The smallest absolute Gasteiger partial charge is 0.262 e. The van der Waals surface area contributed by atoms with Gasteiger partial charge in [-0.25, -0.2) is 8.42 Å². The normalized spacial score (nSPS) is 13.9. The van der Waals surface area contributed by atoms with Gasteiger partial charge in [0.15, 0.2) is 5.75 Å². The number of anilines is 1. The molecule has 0 aliphatic carbocycles. The summed E-state index contributed by atoms with van der Waals surface area (Å²) in [6.07, 6.45) is 3.15. The standard InChI is InChI=1S/C28H32N4O5S/c33-27(30-19-16-21-14-17-29-18-15-21)20-31-28(34)22-10-12-24(13-11-22)38(35,36)32-25-8-4-5-9-26(25)37-23-6-2-1-3-7-23/h1-13,21,29,32H,14-20H2,(H,30,33)(H,31,34). The number of nitrogens with one attached hydrogen (secondary N) is 4. The Morgan fingerprint density at radius 2 is 1.55 bits per heavy atom. The van der Waals surface area contributed by atoms with E-state index in [1.165, 1.54) is 24.3 Å². The Hall–Kier alpha value is -3.89. The van der Waals surface area contributed by atoms with E-state index in [0.717, 1.165) is 32.4 Å². The van der Waals surface area contributed by atoms with Crippen LogP contribution in [0.4, 0.5) is 5.69 Å². The van der Waals surface area contributed by atoms with Gasteiger partial charge < -0.3 is 20.7 Å². The number of hydrogen-bond donors (Lipinski definition) is 4. The molecule has 9 nitrogen and oxygen atoms in total. The maximum Gasteiger partial charge on any atom is 0.262 e. The summed E-state index contributed by atoms with van der Waals surface area (Å²) in [6, 6.07) is 21.3. The van der Waals surface area contributed by atoms with Gasteiger partial charge in [0.05, 0.1) is 17.1 Å². The van der Waals surface area contributed by atoms with E-state index in [0.29, 0.717) is 24.0 Å². The summed E-state index contributed by atoms with van der Waals surface area (Å²) < 4.78 is 34.4. The molecule has 1 aliphatic heterocycles. The van der Waals surface area contributed by atoms with Crippen molar-refractivity contribution in [2.45, 2.75) is 24.2 Å². The number of rotatable bonds is 11. The van der Waals surface area contributed by atoms with Crippen LogP contribution in [0.5, 0.6) is 11.5 Å². The molecule has 4 rings (SSSR count). The number of sulfonamides is 1. The van der Waals surface area contributed by atoms with Crippen LogP contribution in [0.25, 0.3) is 0 Å². The van der Waals surface area contributed by atoms with Crippen molar-refractivity contribution in [2.24, 2.45) is 5.92 Å². The third kappa shape index (κ3) is 7.80. The van der Waals surface area contributed by atoms with Gasteiger partial charge in [0.1, 0.15) is 5.75 Å². The highest BCUT2D eigenvalue weighted by molar-refractivity contribution is 7.92. The quantitative estimate of drug-likeness (QED) is 0.297. The molecule has 1 fully saturated rings. The molecule has 0 unspecified atom stereocenters. The van der Waals surface area contributed by atoms with E-state index in [-0.39, 0.29) is 28.6 Å². The van der Waals surface area contributed by atoms with E-state index in [1.807, 2.05) is 18.2 Å². The topological polar surface area (TPSA) is 126 Å². The van der Waals surface area contributed by atoms with Crippen LogP contribution in [0.2, 0.25) is 0 Å². The van der Waals surface area contributed by atoms with Crippen molar-refractivity contribution >= 4 is 27.5 Å². The van der Waals surface area contributed by atoms with Gasteiger partial charge in [-0.15, -0.1) is 0 Å². The predicted molar refractivity (Wildman–Crippen MR) is 146 cm³/mol. The second-order valence-electron chi connectivity index (χ2n) is 9.06. The summed E-state index contributed by atoms with van der Waals surface area (Å²) in [5.74, 6) is 0.821. The van der Waals surface area contributed by atoms with E-state index in [2.05, 4.69) is 20.7 Å². The van der Waals surface area contributed by atoms with Crippen LogP contribution in [0.1, 0.15) is 29.6 Å². The van der Waals surface area contributed by atoms with Crippen molar-refractivity contribution in [3.63, 3.8) is 0 Å². The van der Waals surface area contributed by atoms with Crippen molar-refractivity contribution in [1.82, 2.24) is 16.0 Å². The van der Waals surface area contributed by atoms with Crippen molar-refractivity contribution in [2.75, 3.05) is 30.9 Å². The largest absolute Gasteiger partial charge is 0.455 e. The monoisotopic (exact) mass is 536 g/mol. The zero-order chi connectivity index (χ0) is 26.8. The lowest BCUT2D eigenvalue weighted by Gasteiger charge is -2.22. The van der Waals surface area contributed by atoms with Crippen LogP contribution in [-0.4, -0.2) is 46.4 Å². The fraction of sp³-hybridized carbons (Fsp3) is 0.286. The molecule has 0 atom stereocenters. The molecule has 0 spiro atoms. The fourth-order valence-electron chi connectivity index (χ4n) is 4.16. The average molecular weight is 537 g/mol. The van der Waals surface area contributed by atoms with Crippen LogP contribution < -0.4 is 25.4 Å². The summed E-state index contributed by atoms with van der Waals surface area (Å²) >= 11 is 0. The highest BCUT2D eigenvalue weighted by Gasteiger charge is 2.18. The molecule has 200 valence electrons. The van der Waals surface area contributed by atoms with Crippen LogP contribution in [0.15, 0.2) is 83.8 Å². The molecule has 1 saturated heterocycles. The van der Waals surface area contributed by atoms with Gasteiger partial charge in [0, 0.05) is 12.1 Å². The zero-order valence-corrected chi connectivity index (χ0v) is 21.8. The van der Waals surface area contributed by atoms with Crippen LogP contribution in [-0.2, 0) is 14.8 Å². The third-order valence-corrected chi connectivity index (χ3v) is 7.65. The highest BCUT2D eigenvalue weighted by Crippen LogP contribution is 2.30. The first kappa shape index (κ1) is 27.2. The number of benzene rings is 3. The van der Waals surface area contributed by atoms with Gasteiger partial charge in [-0.05, 0) is 86.8 Å². The Balaban J connectivity index is 1.29. The van der Waals surface area contributed by atoms with Gasteiger partial charge in [-0.1, -0.05) is 30.3 Å². The number of hydrogen-bond acceptors (Lipinski definition) is 6. The van der Waals surface area contributed by atoms with Crippen molar-refractivity contribution in [3.8, 4) is 11.5 Å². The molecule has 10 heteroatoms. The highest BCUT2D eigenvalue weighted by atomic mass is 32.2. The molecule has 38 heavy (non-hydrogen) atoms. The number of amides is 2. The predicted octanol–water partition coefficient (Wildman–Crippen LogP) is 3.52. The first-order valence-electron chi connectivity index (χ1n) is 12.6. The minimum Gasteiger partial charge on any atom is -0.455 e. The first-order chi connectivity index (χ1) is 18.4. The van der Waals surface area contributed by atoms with Gasteiger partial charge in [-0.2, -0.15) is 0 Å². The van der Waals surface area contributed by atoms with Crippen LogP contribution >= 0.6 is 0 Å². The molecular weight excluding hydrogens is 504 g/mol. The molecule has 0 saturated carbocycles. The lowest BCUT2D eigenvalue weighted by molar-refractivity contribution is -0.120. The Kier molecular flexibility index (Phi) is 9.34. The number of carbonyl (C=O) groups is 2. The zero-order valence-electron chi connectivity index (χ0n) is 21.0. The lowest BCUT2D eigenvalue weighted by atomic mass is 9.95. The molecule has 1 heterocycles. The van der Waals surface area contributed by atoms with Crippen molar-refractivity contribution in [1.29, 1.82) is 0 Å². The van der Waals surface area contributed by atoms with Gasteiger partial charge in [0.2, 0.25) is 5.91 Å². The van der Waals surface area contributed by atoms with E-state index in [4.69, 9.17) is 4.74 Å². The molecular formula is C28H32N4O5S. The van der Waals surface area contributed by atoms with Gasteiger partial charge >= 0.3 is 0 Å². The summed E-state index contributed by atoms with van der Waals surface area (Å²) in [5, 5.41) is 8.73. The van der Waals surface area contributed by atoms with E-state index >= 15 is 0 Å². The molecule has 0 bridgehead atoms.